The molecular formula is C30H29ClN4O4. The topological polar surface area (TPSA) is 89.7 Å². The Kier molecular flexibility index (Phi) is 7.32. The molecule has 1 saturated heterocycles. The van der Waals surface area contributed by atoms with Gasteiger partial charge in [-0.05, 0) is 60.4 Å². The van der Waals surface area contributed by atoms with Crippen LogP contribution in [0.1, 0.15) is 40.3 Å². The largest absolute Gasteiger partial charge is 0.478 e. The number of hydrogen-bond donors (Lipinski definition) is 1. The maximum Gasteiger partial charge on any atom is 0.335 e. The molecule has 2 aromatic carbocycles. The third-order valence-corrected chi connectivity index (χ3v) is 7.48. The first-order chi connectivity index (χ1) is 19.0. The molecule has 2 aliphatic rings. The van der Waals surface area contributed by atoms with Gasteiger partial charge in [0, 0.05) is 30.8 Å². The van der Waals surface area contributed by atoms with E-state index in [2.05, 4.69) is 15.5 Å². The number of pyridine rings is 1. The van der Waals surface area contributed by atoms with Crippen molar-refractivity contribution in [2.75, 3.05) is 19.7 Å². The van der Waals surface area contributed by atoms with Crippen LogP contribution in [0.15, 0.2) is 66.7 Å². The number of carboxylic acid groups (broad SMARTS) is 1. The summed E-state index contributed by atoms with van der Waals surface area (Å²) in [5, 5.41) is 10.2. The summed E-state index contributed by atoms with van der Waals surface area (Å²) in [5.41, 5.74) is 5.03. The van der Waals surface area contributed by atoms with Crippen LogP contribution in [0.5, 0.6) is 5.88 Å². The fourth-order valence-electron chi connectivity index (χ4n) is 5.01. The minimum Gasteiger partial charge on any atom is -0.478 e. The number of halogens is 1. The molecule has 0 radical (unpaired) electrons. The van der Waals surface area contributed by atoms with Crippen molar-refractivity contribution in [3.8, 4) is 5.88 Å². The Hall–Kier alpha value is -3.72. The Morgan fingerprint density at radius 1 is 1.13 bits per heavy atom. The number of rotatable bonds is 9. The number of nitrogens with zero attached hydrogens (tertiary/aromatic N) is 4. The average Bonchev–Trinajstić information content (AvgIpc) is 3.26. The molecule has 200 valence electrons. The van der Waals surface area contributed by atoms with E-state index in [4.69, 9.17) is 31.0 Å². The molecule has 2 aromatic heterocycles. The van der Waals surface area contributed by atoms with E-state index >= 15 is 0 Å². The number of carbonyl (C=O) groups is 1. The maximum atomic E-state index is 11.6. The summed E-state index contributed by atoms with van der Waals surface area (Å²) < 4.78 is 13.7. The number of fused-ring (bicyclic) bond motifs is 1. The summed E-state index contributed by atoms with van der Waals surface area (Å²) in [4.78, 5) is 23.5. The number of aromatic carboxylic acids is 1. The molecule has 2 aliphatic heterocycles. The van der Waals surface area contributed by atoms with Gasteiger partial charge in [-0.3, -0.25) is 4.90 Å². The first-order valence-corrected chi connectivity index (χ1v) is 13.5. The predicted octanol–water partition coefficient (Wildman–Crippen LogP) is 5.44. The van der Waals surface area contributed by atoms with Gasteiger partial charge >= 0.3 is 5.97 Å². The van der Waals surface area contributed by atoms with E-state index in [9.17, 15) is 9.90 Å². The molecule has 1 N–H and O–H groups in total. The minimum atomic E-state index is -0.938. The Labute approximate surface area is 231 Å². The molecule has 8 nitrogen and oxygen atoms in total. The van der Waals surface area contributed by atoms with E-state index < -0.39 is 5.97 Å². The van der Waals surface area contributed by atoms with Gasteiger partial charge in [-0.2, -0.15) is 0 Å². The molecular weight excluding hydrogens is 516 g/mol. The Balaban J connectivity index is 1.15. The van der Waals surface area contributed by atoms with Crippen molar-refractivity contribution in [3.63, 3.8) is 0 Å². The fraction of sp³-hybridized carbons (Fsp3) is 0.300. The van der Waals surface area contributed by atoms with Gasteiger partial charge in [0.25, 0.3) is 0 Å². The number of aromatic nitrogens is 3. The summed E-state index contributed by atoms with van der Waals surface area (Å²) >= 11 is 6.08. The molecule has 0 bridgehead atoms. The second kappa shape index (κ2) is 11.2. The first-order valence-electron chi connectivity index (χ1n) is 13.1. The second-order valence-electron chi connectivity index (χ2n) is 9.92. The van der Waals surface area contributed by atoms with Crippen molar-refractivity contribution in [1.82, 2.24) is 19.4 Å². The van der Waals surface area contributed by atoms with Gasteiger partial charge in [0.05, 0.1) is 41.5 Å². The highest BCUT2D eigenvalue weighted by Gasteiger charge is 2.24. The lowest BCUT2D eigenvalue weighted by Crippen LogP contribution is -2.33. The van der Waals surface area contributed by atoms with Gasteiger partial charge in [0.1, 0.15) is 12.4 Å². The highest BCUT2D eigenvalue weighted by atomic mass is 35.5. The highest BCUT2D eigenvalue weighted by Crippen LogP contribution is 2.26. The van der Waals surface area contributed by atoms with Crippen molar-refractivity contribution in [1.29, 1.82) is 0 Å². The van der Waals surface area contributed by atoms with Crippen LogP contribution in [-0.2, 0) is 24.4 Å². The smallest absolute Gasteiger partial charge is 0.335 e. The van der Waals surface area contributed by atoms with Gasteiger partial charge in [0.15, 0.2) is 0 Å². The van der Waals surface area contributed by atoms with E-state index in [0.29, 0.717) is 30.6 Å². The lowest BCUT2D eigenvalue weighted by atomic mass is 10.0. The van der Waals surface area contributed by atoms with Gasteiger partial charge in [-0.25, -0.2) is 14.8 Å². The number of carboxylic acids is 1. The number of benzene rings is 2. The molecule has 1 fully saturated rings. The van der Waals surface area contributed by atoms with Gasteiger partial charge in [-0.15, -0.1) is 0 Å². The Bertz CT molecular complexity index is 1550. The molecule has 0 spiro atoms. The second-order valence-corrected chi connectivity index (χ2v) is 10.4. The predicted molar refractivity (Wildman–Crippen MR) is 149 cm³/mol. The van der Waals surface area contributed by atoms with Crippen molar-refractivity contribution < 1.29 is 19.4 Å². The highest BCUT2D eigenvalue weighted by molar-refractivity contribution is 6.30. The van der Waals surface area contributed by atoms with Crippen molar-refractivity contribution >= 4 is 34.2 Å². The molecule has 39 heavy (non-hydrogen) atoms. The molecule has 0 unspecified atom stereocenters. The average molecular weight is 545 g/mol. The summed E-state index contributed by atoms with van der Waals surface area (Å²) in [6, 6.07) is 18.6. The van der Waals surface area contributed by atoms with Crippen molar-refractivity contribution in [3.05, 3.63) is 94.4 Å². The van der Waals surface area contributed by atoms with E-state index in [1.165, 1.54) is 5.57 Å². The molecule has 6 rings (SSSR count). The number of ether oxygens (including phenoxy) is 2. The SMILES string of the molecule is O=C(O)c1ccc2nc(CN3CC=C(c4cccc(OCc5cccc(Cl)c5)n4)CC3)n(C[C@@H]3CCO3)c2c1. The Morgan fingerprint density at radius 2 is 2.00 bits per heavy atom. The van der Waals surface area contributed by atoms with Crippen LogP contribution in [0.25, 0.3) is 16.6 Å². The zero-order valence-electron chi connectivity index (χ0n) is 21.4. The number of hydrogen-bond acceptors (Lipinski definition) is 6. The summed E-state index contributed by atoms with van der Waals surface area (Å²) in [6.07, 6.45) is 4.22. The third kappa shape index (κ3) is 5.83. The molecule has 1 atom stereocenters. The lowest BCUT2D eigenvalue weighted by Gasteiger charge is -2.29. The minimum absolute atomic E-state index is 0.141. The fourth-order valence-corrected chi connectivity index (χ4v) is 5.22. The van der Waals surface area contributed by atoms with Gasteiger partial charge in [0.2, 0.25) is 5.88 Å². The van der Waals surface area contributed by atoms with Crippen LogP contribution < -0.4 is 4.74 Å². The summed E-state index contributed by atoms with van der Waals surface area (Å²) in [5.74, 6) is 0.574. The van der Waals surface area contributed by atoms with E-state index in [1.807, 2.05) is 42.5 Å². The van der Waals surface area contributed by atoms with Crippen LogP contribution in [-0.4, -0.2) is 56.3 Å². The van der Waals surface area contributed by atoms with Gasteiger partial charge < -0.3 is 19.1 Å². The zero-order valence-corrected chi connectivity index (χ0v) is 22.2. The van der Waals surface area contributed by atoms with Crippen LogP contribution >= 0.6 is 11.6 Å². The molecule has 0 saturated carbocycles. The van der Waals surface area contributed by atoms with Crippen LogP contribution in [0.3, 0.4) is 0 Å². The van der Waals surface area contributed by atoms with Crippen LogP contribution in [0.2, 0.25) is 5.02 Å². The zero-order chi connectivity index (χ0) is 26.8. The normalized spacial score (nSPS) is 17.6. The maximum absolute atomic E-state index is 11.6. The quantitative estimate of drug-likeness (QED) is 0.300. The van der Waals surface area contributed by atoms with Crippen molar-refractivity contribution in [2.45, 2.75) is 38.6 Å². The molecule has 0 amide bonds. The molecule has 4 aromatic rings. The molecule has 4 heterocycles. The van der Waals surface area contributed by atoms with E-state index in [0.717, 1.165) is 60.7 Å². The monoisotopic (exact) mass is 544 g/mol. The Morgan fingerprint density at radius 3 is 2.74 bits per heavy atom. The summed E-state index contributed by atoms with van der Waals surface area (Å²) in [6.45, 7) is 4.16. The van der Waals surface area contributed by atoms with E-state index in [1.54, 1.807) is 18.2 Å². The van der Waals surface area contributed by atoms with Crippen LogP contribution in [0, 0.1) is 0 Å². The summed E-state index contributed by atoms with van der Waals surface area (Å²) in [7, 11) is 0. The van der Waals surface area contributed by atoms with Crippen LogP contribution in [0.4, 0.5) is 0 Å². The first kappa shape index (κ1) is 25.6. The standard InChI is InChI=1S/C30H29ClN4O4/c31-23-4-1-3-20(15-23)19-39-29-6-2-5-25(33-29)21-9-12-34(13-10-21)18-28-32-26-8-7-22(30(36)37)16-27(26)35(28)17-24-11-14-38-24/h1-9,15-16,24H,10-14,17-19H2,(H,36,37)/t24-/m0/s1. The molecule has 0 aliphatic carbocycles. The van der Waals surface area contributed by atoms with Gasteiger partial charge in [-0.1, -0.05) is 35.9 Å². The third-order valence-electron chi connectivity index (χ3n) is 7.24. The van der Waals surface area contributed by atoms with E-state index in [-0.39, 0.29) is 11.7 Å². The van der Waals surface area contributed by atoms with Crippen molar-refractivity contribution in [2.24, 2.45) is 0 Å². The molecule has 9 heteroatoms. The lowest BCUT2D eigenvalue weighted by molar-refractivity contribution is -0.0591. The number of imidazole rings is 1.